The molecule has 10 nitrogen and oxygen atoms in total. The Morgan fingerprint density at radius 3 is 2.69 bits per heavy atom. The highest BCUT2D eigenvalue weighted by atomic mass is 19.1. The lowest BCUT2D eigenvalue weighted by atomic mass is 10.0. The summed E-state index contributed by atoms with van der Waals surface area (Å²) >= 11 is 0. The van der Waals surface area contributed by atoms with E-state index in [0.29, 0.717) is 29.9 Å². The number of likely N-dealkylation sites (tertiary alicyclic amines) is 1. The van der Waals surface area contributed by atoms with Crippen LogP contribution in [0, 0.1) is 35.5 Å². The number of alkyl halides is 1. The van der Waals surface area contributed by atoms with Crippen LogP contribution in [0.4, 0.5) is 8.78 Å². The molecule has 5 heterocycles. The van der Waals surface area contributed by atoms with E-state index in [9.17, 15) is 14.0 Å². The maximum atomic E-state index is 14.0. The first-order valence-corrected chi connectivity index (χ1v) is 11.3. The highest BCUT2D eigenvalue weighted by Gasteiger charge is 2.25. The van der Waals surface area contributed by atoms with Gasteiger partial charge in [-0.2, -0.15) is 15.6 Å². The molecule has 1 aliphatic heterocycles. The lowest BCUT2D eigenvalue weighted by molar-refractivity contribution is 0.164. The van der Waals surface area contributed by atoms with Crippen LogP contribution in [0.1, 0.15) is 41.9 Å². The van der Waals surface area contributed by atoms with Crippen molar-refractivity contribution < 1.29 is 13.5 Å². The number of hydrogen-bond donors (Lipinski definition) is 0. The van der Waals surface area contributed by atoms with Crippen LogP contribution in [0.15, 0.2) is 36.8 Å². The Bertz CT molecular complexity index is 1470. The van der Waals surface area contributed by atoms with Gasteiger partial charge in [0, 0.05) is 24.8 Å². The molecule has 0 radical (unpaired) electrons. The van der Waals surface area contributed by atoms with E-state index in [4.69, 9.17) is 10.00 Å². The summed E-state index contributed by atoms with van der Waals surface area (Å²) < 4.78 is 36.7. The minimum Gasteiger partial charge on any atom is -0.479 e. The van der Waals surface area contributed by atoms with E-state index in [1.54, 1.807) is 17.2 Å². The number of piperidine rings is 1. The Hall–Kier alpha value is -4.58. The summed E-state index contributed by atoms with van der Waals surface area (Å²) in [6.45, 7) is 2.31. The smallest absolute Gasteiger partial charge is 0.179 e. The molecule has 0 N–H and O–H groups in total. The van der Waals surface area contributed by atoms with E-state index < -0.39 is 18.6 Å². The number of pyridine rings is 2. The summed E-state index contributed by atoms with van der Waals surface area (Å²) in [6.07, 6.45) is 6.72. The van der Waals surface area contributed by atoms with Gasteiger partial charge in [-0.05, 0) is 38.0 Å². The Morgan fingerprint density at radius 1 is 1.22 bits per heavy atom. The summed E-state index contributed by atoms with van der Waals surface area (Å²) in [4.78, 5) is 5.67. The summed E-state index contributed by atoms with van der Waals surface area (Å²) in [5.41, 5.74) is 2.88. The Morgan fingerprint density at radius 2 is 2.03 bits per heavy atom. The van der Waals surface area contributed by atoms with Gasteiger partial charge < -0.3 is 9.64 Å². The number of hydrogen-bond acceptors (Lipinski definition) is 8. The third kappa shape index (κ3) is 4.18. The van der Waals surface area contributed by atoms with Crippen LogP contribution in [0.5, 0.6) is 5.75 Å². The van der Waals surface area contributed by atoms with Gasteiger partial charge in [-0.15, -0.1) is 5.10 Å². The fourth-order valence-electron chi connectivity index (χ4n) is 4.45. The molecule has 5 rings (SSSR count). The second kappa shape index (κ2) is 9.58. The van der Waals surface area contributed by atoms with Gasteiger partial charge in [0.2, 0.25) is 0 Å². The molecule has 36 heavy (non-hydrogen) atoms. The summed E-state index contributed by atoms with van der Waals surface area (Å²) in [7, 11) is 0. The van der Waals surface area contributed by atoms with Gasteiger partial charge in [-0.1, -0.05) is 5.21 Å². The van der Waals surface area contributed by atoms with E-state index in [1.807, 2.05) is 11.6 Å². The highest BCUT2D eigenvalue weighted by Crippen LogP contribution is 2.34. The largest absolute Gasteiger partial charge is 0.479 e. The lowest BCUT2D eigenvalue weighted by Gasteiger charge is -2.28. The molecule has 0 bridgehead atoms. The van der Waals surface area contributed by atoms with E-state index in [1.165, 1.54) is 22.8 Å². The van der Waals surface area contributed by atoms with Crippen molar-refractivity contribution in [1.29, 1.82) is 10.5 Å². The molecule has 182 valence electrons. The van der Waals surface area contributed by atoms with Crippen LogP contribution in [0.3, 0.4) is 0 Å². The number of halogens is 2. The summed E-state index contributed by atoms with van der Waals surface area (Å²) in [6, 6.07) is 6.40. The highest BCUT2D eigenvalue weighted by molar-refractivity contribution is 5.74. The van der Waals surface area contributed by atoms with Crippen molar-refractivity contribution in [2.45, 2.75) is 31.9 Å². The van der Waals surface area contributed by atoms with E-state index >= 15 is 0 Å². The molecule has 0 spiro atoms. The van der Waals surface area contributed by atoms with Gasteiger partial charge in [0.15, 0.2) is 12.3 Å². The molecule has 12 heteroatoms. The van der Waals surface area contributed by atoms with E-state index in [-0.39, 0.29) is 23.0 Å². The fraction of sp³-hybridized carbons (Fsp3) is 0.333. The average molecular weight is 489 g/mol. The predicted octanol–water partition coefficient (Wildman–Crippen LogP) is 3.51. The molecule has 0 saturated carbocycles. The van der Waals surface area contributed by atoms with Gasteiger partial charge in [-0.25, -0.2) is 18.0 Å². The van der Waals surface area contributed by atoms with Crippen molar-refractivity contribution in [3.63, 3.8) is 0 Å². The number of nitrogens with zero attached hydrogens (tertiary/aromatic N) is 9. The van der Waals surface area contributed by atoms with Gasteiger partial charge in [-0.3, -0.25) is 4.98 Å². The minimum absolute atomic E-state index is 0.116. The third-order valence-corrected chi connectivity index (χ3v) is 6.34. The Balaban J connectivity index is 1.53. The number of aromatic nitrogens is 6. The monoisotopic (exact) mass is 489 g/mol. The first-order valence-electron chi connectivity index (χ1n) is 11.3. The van der Waals surface area contributed by atoms with Crippen molar-refractivity contribution in [2.75, 3.05) is 19.8 Å². The van der Waals surface area contributed by atoms with Crippen molar-refractivity contribution in [1.82, 2.24) is 34.5 Å². The van der Waals surface area contributed by atoms with E-state index in [0.717, 1.165) is 24.7 Å². The zero-order valence-electron chi connectivity index (χ0n) is 19.3. The van der Waals surface area contributed by atoms with Crippen LogP contribution in [-0.4, -0.2) is 54.3 Å². The predicted molar refractivity (Wildman–Crippen MR) is 123 cm³/mol. The second-order valence-electron chi connectivity index (χ2n) is 8.50. The maximum absolute atomic E-state index is 14.0. The Labute approximate surface area is 205 Å². The molecule has 1 atom stereocenters. The first-order chi connectivity index (χ1) is 17.5. The Kier molecular flexibility index (Phi) is 6.17. The fourth-order valence-corrected chi connectivity index (χ4v) is 4.45. The van der Waals surface area contributed by atoms with Crippen LogP contribution < -0.4 is 4.74 Å². The normalized spacial score (nSPS) is 15.0. The molecule has 4 aromatic rings. The summed E-state index contributed by atoms with van der Waals surface area (Å²) in [5.74, 6) is -0.327. The van der Waals surface area contributed by atoms with Crippen molar-refractivity contribution in [3.8, 4) is 29.3 Å². The van der Waals surface area contributed by atoms with Crippen LogP contribution in [0.2, 0.25) is 0 Å². The number of fused-ring (bicyclic) bond motifs is 1. The molecular formula is C24H21F2N9O. The molecular weight excluding hydrogens is 468 g/mol. The van der Waals surface area contributed by atoms with Crippen molar-refractivity contribution in [3.05, 3.63) is 59.6 Å². The number of nitriles is 2. The zero-order valence-corrected chi connectivity index (χ0v) is 19.3. The molecule has 0 amide bonds. The average Bonchev–Trinajstić information content (AvgIpc) is 3.51. The van der Waals surface area contributed by atoms with Gasteiger partial charge >= 0.3 is 0 Å². The van der Waals surface area contributed by atoms with Crippen LogP contribution in [0.25, 0.3) is 16.8 Å². The quantitative estimate of drug-likeness (QED) is 0.377. The van der Waals surface area contributed by atoms with E-state index in [2.05, 4.69) is 32.7 Å². The van der Waals surface area contributed by atoms with Crippen molar-refractivity contribution >= 4 is 5.52 Å². The van der Waals surface area contributed by atoms with Gasteiger partial charge in [0.25, 0.3) is 0 Å². The molecule has 4 aromatic heterocycles. The molecule has 0 aliphatic carbocycles. The van der Waals surface area contributed by atoms with Crippen LogP contribution >= 0.6 is 0 Å². The third-order valence-electron chi connectivity index (χ3n) is 6.34. The second-order valence-corrected chi connectivity index (χ2v) is 8.50. The van der Waals surface area contributed by atoms with Gasteiger partial charge in [0.05, 0.1) is 29.8 Å². The minimum atomic E-state index is -1.12. The topological polar surface area (TPSA) is 121 Å². The molecule has 1 fully saturated rings. The summed E-state index contributed by atoms with van der Waals surface area (Å²) in [5, 5.41) is 31.7. The molecule has 0 unspecified atom stereocenters. The van der Waals surface area contributed by atoms with Crippen molar-refractivity contribution in [2.24, 2.45) is 0 Å². The SMILES string of the molecule is Cc1c(-c2cc(O[C@H](CF)c3ccc(F)cn3)c3c(C#N)cnn3c2)nnn1C1CCN(C#N)CC1. The number of ether oxygens (including phenoxy) is 1. The zero-order chi connectivity index (χ0) is 25.2. The molecule has 1 aliphatic rings. The maximum Gasteiger partial charge on any atom is 0.179 e. The molecule has 1 saturated heterocycles. The molecule has 0 aromatic carbocycles. The van der Waals surface area contributed by atoms with Crippen LogP contribution in [-0.2, 0) is 0 Å². The standard InChI is InChI=1S/C24H21F2N9O/c1-15-23(31-32-35(15)19-4-6-33(14-28)7-5-19)16-8-21(24-17(10-27)11-30-34(24)13-16)36-22(9-25)20-3-2-18(26)12-29-20/h2-3,8,11-13,19,22H,4-7,9H2,1H3/t22-/m1/s1. The first kappa shape index (κ1) is 23.2. The van der Waals surface area contributed by atoms with Gasteiger partial charge in [0.1, 0.15) is 41.1 Å². The number of rotatable bonds is 6. The lowest BCUT2D eigenvalue weighted by Crippen LogP contribution is -2.31.